The zero-order valence-electron chi connectivity index (χ0n) is 8.45. The van der Waals surface area contributed by atoms with E-state index in [9.17, 15) is 4.79 Å². The van der Waals surface area contributed by atoms with Crippen molar-refractivity contribution in [3.63, 3.8) is 0 Å². The quantitative estimate of drug-likeness (QED) is 0.725. The Morgan fingerprint density at radius 2 is 2.21 bits per heavy atom. The molecule has 1 atom stereocenters. The lowest BCUT2D eigenvalue weighted by molar-refractivity contribution is 0.0816. The van der Waals surface area contributed by atoms with Crippen molar-refractivity contribution in [3.8, 4) is 0 Å². The molecule has 0 radical (unpaired) electrons. The number of carbonyl (C=O) groups excluding carboxylic acids is 1. The molecular formula is C11H14N2O. The van der Waals surface area contributed by atoms with Gasteiger partial charge in [0.2, 0.25) is 0 Å². The Hall–Kier alpha value is -1.35. The van der Waals surface area contributed by atoms with Gasteiger partial charge in [0.1, 0.15) is 0 Å². The van der Waals surface area contributed by atoms with Gasteiger partial charge in [-0.3, -0.25) is 4.79 Å². The van der Waals surface area contributed by atoms with Gasteiger partial charge in [0.25, 0.3) is 5.91 Å². The van der Waals surface area contributed by atoms with Gasteiger partial charge in [0.05, 0.1) is 0 Å². The van der Waals surface area contributed by atoms with E-state index in [0.29, 0.717) is 6.54 Å². The van der Waals surface area contributed by atoms with Crippen molar-refractivity contribution in [2.75, 3.05) is 7.05 Å². The van der Waals surface area contributed by atoms with Crippen LogP contribution in [0.2, 0.25) is 0 Å². The van der Waals surface area contributed by atoms with Crippen molar-refractivity contribution in [1.82, 2.24) is 4.90 Å². The van der Waals surface area contributed by atoms with Crippen LogP contribution in [0.4, 0.5) is 0 Å². The zero-order chi connectivity index (χ0) is 10.3. The highest BCUT2D eigenvalue weighted by Gasteiger charge is 2.24. The Bertz CT molecular complexity index is 385. The summed E-state index contributed by atoms with van der Waals surface area (Å²) in [5, 5.41) is 0. The van der Waals surface area contributed by atoms with Crippen molar-refractivity contribution in [2.24, 2.45) is 5.73 Å². The lowest BCUT2D eigenvalue weighted by atomic mass is 10.0. The van der Waals surface area contributed by atoms with E-state index in [4.69, 9.17) is 5.73 Å². The molecule has 1 heterocycles. The summed E-state index contributed by atoms with van der Waals surface area (Å²) in [5.74, 6) is 0.0995. The molecule has 14 heavy (non-hydrogen) atoms. The predicted molar refractivity (Wildman–Crippen MR) is 54.8 cm³/mol. The second-order valence-electron chi connectivity index (χ2n) is 3.87. The standard InChI is InChI=1S/C11H14N2O/c1-7(12)8-3-4-9-6-13(2)11(14)10(9)5-8/h3-5,7H,6,12H2,1-2H3. The predicted octanol–water partition coefficient (Wildman–Crippen LogP) is 1.29. The van der Waals surface area contributed by atoms with Gasteiger partial charge in [-0.05, 0) is 24.1 Å². The number of hydrogen-bond acceptors (Lipinski definition) is 2. The highest BCUT2D eigenvalue weighted by molar-refractivity contribution is 5.98. The first kappa shape index (κ1) is 9.21. The molecule has 1 amide bonds. The first-order valence-electron chi connectivity index (χ1n) is 4.73. The number of nitrogens with two attached hydrogens (primary N) is 1. The molecule has 0 aromatic heterocycles. The summed E-state index contributed by atoms with van der Waals surface area (Å²) < 4.78 is 0. The van der Waals surface area contributed by atoms with E-state index < -0.39 is 0 Å². The minimum atomic E-state index is -0.0148. The van der Waals surface area contributed by atoms with Crippen LogP contribution >= 0.6 is 0 Å². The highest BCUT2D eigenvalue weighted by atomic mass is 16.2. The number of nitrogens with zero attached hydrogens (tertiary/aromatic N) is 1. The van der Waals surface area contributed by atoms with Crippen LogP contribution in [0.3, 0.4) is 0 Å². The molecule has 0 fully saturated rings. The molecule has 0 spiro atoms. The molecule has 1 unspecified atom stereocenters. The van der Waals surface area contributed by atoms with E-state index in [1.165, 1.54) is 0 Å². The first-order valence-corrected chi connectivity index (χ1v) is 4.73. The molecule has 1 aliphatic rings. The Labute approximate surface area is 83.5 Å². The minimum Gasteiger partial charge on any atom is -0.337 e. The van der Waals surface area contributed by atoms with Gasteiger partial charge in [-0.2, -0.15) is 0 Å². The maximum absolute atomic E-state index is 11.7. The summed E-state index contributed by atoms with van der Waals surface area (Å²) in [5.41, 5.74) is 8.69. The fraction of sp³-hybridized carbons (Fsp3) is 0.364. The van der Waals surface area contributed by atoms with E-state index in [-0.39, 0.29) is 11.9 Å². The maximum atomic E-state index is 11.7. The van der Waals surface area contributed by atoms with Crippen LogP contribution in [-0.4, -0.2) is 17.9 Å². The molecule has 0 saturated carbocycles. The minimum absolute atomic E-state index is 0.0148. The van der Waals surface area contributed by atoms with Crippen molar-refractivity contribution in [3.05, 3.63) is 34.9 Å². The van der Waals surface area contributed by atoms with Crippen molar-refractivity contribution in [1.29, 1.82) is 0 Å². The number of hydrogen-bond donors (Lipinski definition) is 1. The normalized spacial score (nSPS) is 17.1. The third-order valence-electron chi connectivity index (χ3n) is 2.64. The van der Waals surface area contributed by atoms with Crippen LogP contribution in [0.25, 0.3) is 0 Å². The van der Waals surface area contributed by atoms with E-state index in [1.807, 2.05) is 32.2 Å². The van der Waals surface area contributed by atoms with Gasteiger partial charge in [0, 0.05) is 25.2 Å². The second-order valence-corrected chi connectivity index (χ2v) is 3.87. The Morgan fingerprint density at radius 3 is 2.86 bits per heavy atom. The van der Waals surface area contributed by atoms with Crippen LogP contribution in [0.1, 0.15) is 34.5 Å². The number of amides is 1. The average molecular weight is 190 g/mol. The van der Waals surface area contributed by atoms with Gasteiger partial charge in [-0.15, -0.1) is 0 Å². The molecule has 3 heteroatoms. The average Bonchev–Trinajstić information content (AvgIpc) is 2.43. The van der Waals surface area contributed by atoms with Gasteiger partial charge < -0.3 is 10.6 Å². The molecule has 3 nitrogen and oxygen atoms in total. The summed E-state index contributed by atoms with van der Waals surface area (Å²) in [4.78, 5) is 13.4. The number of carbonyl (C=O) groups is 1. The fourth-order valence-corrected chi connectivity index (χ4v) is 1.75. The van der Waals surface area contributed by atoms with Crippen LogP contribution in [0.5, 0.6) is 0 Å². The maximum Gasteiger partial charge on any atom is 0.254 e. The van der Waals surface area contributed by atoms with Gasteiger partial charge in [-0.25, -0.2) is 0 Å². The summed E-state index contributed by atoms with van der Waals surface area (Å²) in [6.45, 7) is 2.64. The molecule has 1 aliphatic heterocycles. The highest BCUT2D eigenvalue weighted by Crippen LogP contribution is 2.24. The SMILES string of the molecule is CC(N)c1ccc2c(c1)C(=O)N(C)C2. The van der Waals surface area contributed by atoms with Gasteiger partial charge in [-0.1, -0.05) is 12.1 Å². The molecule has 0 aliphatic carbocycles. The first-order chi connectivity index (χ1) is 6.59. The zero-order valence-corrected chi connectivity index (χ0v) is 8.45. The fourth-order valence-electron chi connectivity index (χ4n) is 1.75. The van der Waals surface area contributed by atoms with Crippen molar-refractivity contribution >= 4 is 5.91 Å². The van der Waals surface area contributed by atoms with Crippen LogP contribution in [0.15, 0.2) is 18.2 Å². The Kier molecular flexibility index (Phi) is 2.04. The molecular weight excluding hydrogens is 176 g/mol. The van der Waals surface area contributed by atoms with E-state index in [2.05, 4.69) is 0 Å². The molecule has 74 valence electrons. The van der Waals surface area contributed by atoms with Crippen LogP contribution in [-0.2, 0) is 6.54 Å². The Balaban J connectivity index is 2.46. The molecule has 1 aromatic rings. The van der Waals surface area contributed by atoms with E-state index in [0.717, 1.165) is 16.7 Å². The lowest BCUT2D eigenvalue weighted by Gasteiger charge is -2.06. The van der Waals surface area contributed by atoms with Crippen molar-refractivity contribution in [2.45, 2.75) is 19.5 Å². The van der Waals surface area contributed by atoms with E-state index in [1.54, 1.807) is 4.90 Å². The third kappa shape index (κ3) is 1.30. The van der Waals surface area contributed by atoms with Crippen LogP contribution < -0.4 is 5.73 Å². The largest absolute Gasteiger partial charge is 0.337 e. The number of rotatable bonds is 1. The lowest BCUT2D eigenvalue weighted by Crippen LogP contribution is -2.17. The Morgan fingerprint density at radius 1 is 1.50 bits per heavy atom. The summed E-state index contributed by atoms with van der Waals surface area (Å²) in [6.07, 6.45) is 0. The summed E-state index contributed by atoms with van der Waals surface area (Å²) >= 11 is 0. The molecule has 0 saturated heterocycles. The third-order valence-corrected chi connectivity index (χ3v) is 2.64. The summed E-state index contributed by atoms with van der Waals surface area (Å²) in [7, 11) is 1.81. The molecule has 1 aromatic carbocycles. The van der Waals surface area contributed by atoms with Gasteiger partial charge in [0.15, 0.2) is 0 Å². The second kappa shape index (κ2) is 3.10. The number of fused-ring (bicyclic) bond motifs is 1. The molecule has 2 N–H and O–H groups in total. The smallest absolute Gasteiger partial charge is 0.254 e. The van der Waals surface area contributed by atoms with Crippen molar-refractivity contribution < 1.29 is 4.79 Å². The monoisotopic (exact) mass is 190 g/mol. The molecule has 2 rings (SSSR count). The van der Waals surface area contributed by atoms with E-state index >= 15 is 0 Å². The summed E-state index contributed by atoms with van der Waals surface area (Å²) in [6, 6.07) is 5.89. The molecule has 0 bridgehead atoms. The topological polar surface area (TPSA) is 46.3 Å². The van der Waals surface area contributed by atoms with Crippen LogP contribution in [0, 0.1) is 0 Å². The number of benzene rings is 1. The van der Waals surface area contributed by atoms with Gasteiger partial charge >= 0.3 is 0 Å².